The maximum atomic E-state index is 11.5. The van der Waals surface area contributed by atoms with Gasteiger partial charge >= 0.3 is 0 Å². The van der Waals surface area contributed by atoms with Crippen LogP contribution in [0.15, 0.2) is 54.6 Å². The van der Waals surface area contributed by atoms with Crippen molar-refractivity contribution in [2.24, 2.45) is 0 Å². The Morgan fingerprint density at radius 2 is 1.61 bits per heavy atom. The molecule has 1 aliphatic rings. The normalized spacial score (nSPS) is 17.9. The van der Waals surface area contributed by atoms with Crippen LogP contribution in [-0.4, -0.2) is 20.5 Å². The number of hydrogen-bond donors (Lipinski definition) is 1. The predicted molar refractivity (Wildman–Crippen MR) is 69.4 cm³/mol. The van der Waals surface area contributed by atoms with Crippen molar-refractivity contribution in [3.8, 4) is 0 Å². The first-order valence-corrected chi connectivity index (χ1v) is 7.27. The molecule has 0 atom stereocenters. The van der Waals surface area contributed by atoms with Crippen LogP contribution in [0.4, 0.5) is 0 Å². The Balaban J connectivity index is 2.52. The fraction of sp³-hybridized carbons (Fsp3) is 0.154. The summed E-state index contributed by atoms with van der Waals surface area (Å²) >= 11 is 0. The first-order chi connectivity index (χ1) is 8.41. The van der Waals surface area contributed by atoms with Crippen LogP contribution in [0.3, 0.4) is 0 Å². The van der Waals surface area contributed by atoms with Crippen LogP contribution in [-0.2, 0) is 20.4 Å². The van der Waals surface area contributed by atoms with Crippen molar-refractivity contribution in [2.45, 2.75) is 5.54 Å². The number of hydrogen-bond acceptors (Lipinski definition) is 3. The van der Waals surface area contributed by atoms with E-state index in [1.807, 2.05) is 30.3 Å². The van der Waals surface area contributed by atoms with Gasteiger partial charge in [0.15, 0.2) is 5.78 Å². The minimum absolute atomic E-state index is 0.156. The molecule has 5 heteroatoms. The van der Waals surface area contributed by atoms with Gasteiger partial charge in [-0.1, -0.05) is 42.5 Å². The van der Waals surface area contributed by atoms with Crippen molar-refractivity contribution < 1.29 is 13.2 Å². The lowest BCUT2D eigenvalue weighted by Gasteiger charge is -2.29. The first-order valence-electron chi connectivity index (χ1n) is 5.38. The molecule has 0 aromatic heterocycles. The summed E-state index contributed by atoms with van der Waals surface area (Å²) in [6, 6.07) is 9.10. The van der Waals surface area contributed by atoms with Crippen LogP contribution in [0.1, 0.15) is 5.56 Å². The van der Waals surface area contributed by atoms with E-state index in [4.69, 9.17) is 0 Å². The molecule has 0 saturated carbocycles. The lowest BCUT2D eigenvalue weighted by molar-refractivity contribution is -0.110. The molecule has 0 heterocycles. The van der Waals surface area contributed by atoms with E-state index in [9.17, 15) is 13.2 Å². The number of carbonyl (C=O) groups excluding carboxylic acids is 1. The van der Waals surface area contributed by atoms with E-state index >= 15 is 0 Å². The van der Waals surface area contributed by atoms with Gasteiger partial charge in [-0.05, 0) is 17.7 Å². The molecule has 2 rings (SSSR count). The second-order valence-electron chi connectivity index (χ2n) is 4.18. The Morgan fingerprint density at radius 1 is 1.06 bits per heavy atom. The number of carbonyl (C=O) groups is 1. The number of sulfonamides is 1. The Bertz CT molecular complexity index is 599. The van der Waals surface area contributed by atoms with Gasteiger partial charge < -0.3 is 0 Å². The summed E-state index contributed by atoms with van der Waals surface area (Å²) < 4.78 is 25.5. The summed E-state index contributed by atoms with van der Waals surface area (Å²) in [4.78, 5) is 11.2. The van der Waals surface area contributed by atoms with Gasteiger partial charge in [-0.15, -0.1) is 0 Å². The van der Waals surface area contributed by atoms with E-state index in [0.29, 0.717) is 0 Å². The van der Waals surface area contributed by atoms with Gasteiger partial charge in [0.25, 0.3) is 0 Å². The standard InChI is InChI=1S/C13H13NO3S/c1-18(16,17)14-13(9-7-12(15)8-10-13)11-5-3-2-4-6-11/h2-10,14H,1H3. The highest BCUT2D eigenvalue weighted by Gasteiger charge is 2.31. The maximum absolute atomic E-state index is 11.5. The molecule has 0 radical (unpaired) electrons. The molecular weight excluding hydrogens is 250 g/mol. The number of benzene rings is 1. The van der Waals surface area contributed by atoms with Crippen molar-refractivity contribution in [1.29, 1.82) is 0 Å². The van der Waals surface area contributed by atoms with Crippen LogP contribution in [0.5, 0.6) is 0 Å². The van der Waals surface area contributed by atoms with Gasteiger partial charge in [-0.25, -0.2) is 8.42 Å². The van der Waals surface area contributed by atoms with Crippen LogP contribution in [0.25, 0.3) is 0 Å². The van der Waals surface area contributed by atoms with E-state index in [1.54, 1.807) is 12.2 Å². The smallest absolute Gasteiger partial charge is 0.210 e. The van der Waals surface area contributed by atoms with Crippen molar-refractivity contribution in [3.05, 3.63) is 60.2 Å². The number of ketones is 1. The summed E-state index contributed by atoms with van der Waals surface area (Å²) in [5.74, 6) is -0.156. The zero-order chi connectivity index (χ0) is 13.2. The quantitative estimate of drug-likeness (QED) is 0.889. The Kier molecular flexibility index (Phi) is 3.19. The minimum atomic E-state index is -3.41. The molecule has 0 bridgehead atoms. The van der Waals surface area contributed by atoms with Crippen LogP contribution in [0, 0.1) is 0 Å². The van der Waals surface area contributed by atoms with E-state index in [2.05, 4.69) is 4.72 Å². The molecule has 0 fully saturated rings. The van der Waals surface area contributed by atoms with Crippen LogP contribution < -0.4 is 4.72 Å². The average Bonchev–Trinajstić information content (AvgIpc) is 2.32. The molecular formula is C13H13NO3S. The van der Waals surface area contributed by atoms with E-state index in [-0.39, 0.29) is 5.78 Å². The third kappa shape index (κ3) is 2.75. The van der Waals surface area contributed by atoms with Gasteiger partial charge in [0, 0.05) is 0 Å². The predicted octanol–water partition coefficient (Wildman–Crippen LogP) is 1.13. The largest absolute Gasteiger partial charge is 0.290 e. The molecule has 1 aromatic rings. The fourth-order valence-corrected chi connectivity index (χ4v) is 2.75. The summed E-state index contributed by atoms with van der Waals surface area (Å²) in [7, 11) is -3.41. The molecule has 0 unspecified atom stereocenters. The molecule has 94 valence electrons. The second kappa shape index (κ2) is 4.51. The summed E-state index contributed by atoms with van der Waals surface area (Å²) in [6.07, 6.45) is 6.95. The molecule has 1 N–H and O–H groups in total. The van der Waals surface area contributed by atoms with Gasteiger partial charge in [0.1, 0.15) is 0 Å². The van der Waals surface area contributed by atoms with Gasteiger partial charge in [-0.3, -0.25) is 4.79 Å². The highest BCUT2D eigenvalue weighted by Crippen LogP contribution is 2.27. The molecule has 18 heavy (non-hydrogen) atoms. The van der Waals surface area contributed by atoms with Crippen molar-refractivity contribution in [3.63, 3.8) is 0 Å². The molecule has 0 aliphatic heterocycles. The van der Waals surface area contributed by atoms with E-state index in [1.165, 1.54) is 12.2 Å². The zero-order valence-electron chi connectivity index (χ0n) is 9.83. The number of nitrogens with one attached hydrogen (secondary N) is 1. The Morgan fingerprint density at radius 3 is 2.11 bits per heavy atom. The highest BCUT2D eigenvalue weighted by atomic mass is 32.2. The molecule has 1 aromatic carbocycles. The zero-order valence-corrected chi connectivity index (χ0v) is 10.6. The number of allylic oxidation sites excluding steroid dienone is 2. The van der Waals surface area contributed by atoms with Crippen molar-refractivity contribution in [1.82, 2.24) is 4.72 Å². The van der Waals surface area contributed by atoms with Crippen molar-refractivity contribution >= 4 is 15.8 Å². The van der Waals surface area contributed by atoms with Gasteiger partial charge in [0.2, 0.25) is 10.0 Å². The first kappa shape index (κ1) is 12.7. The summed E-state index contributed by atoms with van der Waals surface area (Å²) in [6.45, 7) is 0. The summed E-state index contributed by atoms with van der Waals surface area (Å²) in [5.41, 5.74) is -0.224. The average molecular weight is 263 g/mol. The van der Waals surface area contributed by atoms with Crippen molar-refractivity contribution in [2.75, 3.05) is 6.26 Å². The molecule has 0 amide bonds. The Hall–Kier alpha value is -1.72. The van der Waals surface area contributed by atoms with Crippen LogP contribution in [0.2, 0.25) is 0 Å². The topological polar surface area (TPSA) is 63.2 Å². The third-order valence-electron chi connectivity index (χ3n) is 2.63. The minimum Gasteiger partial charge on any atom is -0.290 e. The molecule has 0 saturated heterocycles. The monoisotopic (exact) mass is 263 g/mol. The van der Waals surface area contributed by atoms with Gasteiger partial charge in [0.05, 0.1) is 11.8 Å². The Labute approximate surface area is 106 Å². The van der Waals surface area contributed by atoms with Gasteiger partial charge in [-0.2, -0.15) is 4.72 Å². The third-order valence-corrected chi connectivity index (χ3v) is 3.34. The fourth-order valence-electron chi connectivity index (χ4n) is 1.88. The molecule has 4 nitrogen and oxygen atoms in total. The molecule has 1 aliphatic carbocycles. The summed E-state index contributed by atoms with van der Waals surface area (Å²) in [5, 5.41) is 0. The lowest BCUT2D eigenvalue weighted by atomic mass is 9.87. The highest BCUT2D eigenvalue weighted by molar-refractivity contribution is 7.88. The van der Waals surface area contributed by atoms with Crippen LogP contribution >= 0.6 is 0 Å². The second-order valence-corrected chi connectivity index (χ2v) is 5.93. The van der Waals surface area contributed by atoms with E-state index in [0.717, 1.165) is 11.8 Å². The lowest BCUT2D eigenvalue weighted by Crippen LogP contribution is -2.43. The van der Waals surface area contributed by atoms with E-state index < -0.39 is 15.6 Å². The molecule has 0 spiro atoms. The maximum Gasteiger partial charge on any atom is 0.210 e. The SMILES string of the molecule is CS(=O)(=O)NC1(c2ccccc2)C=CC(=O)C=C1. The number of rotatable bonds is 3.